The molecule has 0 spiro atoms. The highest BCUT2D eigenvalue weighted by atomic mass is 16.4. The van der Waals surface area contributed by atoms with Crippen molar-refractivity contribution in [2.24, 2.45) is 0 Å². The number of likely N-dealkylation sites (tertiary alicyclic amines) is 1. The van der Waals surface area contributed by atoms with Gasteiger partial charge in [-0.2, -0.15) is 0 Å². The maximum atomic E-state index is 10.9. The van der Waals surface area contributed by atoms with E-state index in [1.807, 2.05) is 30.3 Å². The van der Waals surface area contributed by atoms with E-state index in [0.717, 1.165) is 23.0 Å². The molecule has 2 N–H and O–H groups in total. The third-order valence-electron chi connectivity index (χ3n) is 3.46. The van der Waals surface area contributed by atoms with Gasteiger partial charge in [0.25, 0.3) is 0 Å². The number of hydrogen-bond donors (Lipinski definition) is 2. The Morgan fingerprint density at radius 2 is 2.26 bits per heavy atom. The lowest BCUT2D eigenvalue weighted by molar-refractivity contribution is 0.155. The first-order valence-corrected chi connectivity index (χ1v) is 6.32. The molecule has 1 atom stereocenters. The fraction of sp³-hybridized carbons (Fsp3) is 0.286. The zero-order valence-electron chi connectivity index (χ0n) is 10.4. The van der Waals surface area contributed by atoms with E-state index in [9.17, 15) is 4.79 Å². The quantitative estimate of drug-likeness (QED) is 0.867. The van der Waals surface area contributed by atoms with Crippen LogP contribution < -0.4 is 5.32 Å². The number of fused-ring (bicyclic) bond motifs is 1. The Kier molecular flexibility index (Phi) is 2.95. The Hall–Kier alpha value is -2.30. The van der Waals surface area contributed by atoms with Gasteiger partial charge in [-0.1, -0.05) is 6.07 Å². The number of carbonyl (C=O) groups is 1. The van der Waals surface area contributed by atoms with Crippen molar-refractivity contribution in [1.82, 2.24) is 9.88 Å². The van der Waals surface area contributed by atoms with Crippen molar-refractivity contribution in [2.75, 3.05) is 18.4 Å². The van der Waals surface area contributed by atoms with Crippen LogP contribution in [0.4, 0.5) is 10.5 Å². The number of benzene rings is 1. The predicted octanol–water partition coefficient (Wildman–Crippen LogP) is 2.40. The number of rotatable bonds is 2. The Balaban J connectivity index is 1.81. The van der Waals surface area contributed by atoms with E-state index >= 15 is 0 Å². The summed E-state index contributed by atoms with van der Waals surface area (Å²) in [5.41, 5.74) is 1.96. The van der Waals surface area contributed by atoms with Crippen molar-refractivity contribution in [3.05, 3.63) is 36.5 Å². The normalized spacial score (nSPS) is 18.7. The molecule has 1 saturated heterocycles. The summed E-state index contributed by atoms with van der Waals surface area (Å²) in [6, 6.07) is 10.0. The van der Waals surface area contributed by atoms with E-state index in [-0.39, 0.29) is 6.04 Å². The number of pyridine rings is 1. The van der Waals surface area contributed by atoms with Crippen LogP contribution in [0.15, 0.2) is 36.5 Å². The molecule has 0 unspecified atom stereocenters. The Morgan fingerprint density at radius 3 is 3.05 bits per heavy atom. The molecule has 2 aromatic rings. The van der Waals surface area contributed by atoms with E-state index < -0.39 is 6.09 Å². The molecule has 5 nitrogen and oxygen atoms in total. The van der Waals surface area contributed by atoms with Gasteiger partial charge >= 0.3 is 6.09 Å². The molecular weight excluding hydrogens is 242 g/mol. The van der Waals surface area contributed by atoms with Crippen molar-refractivity contribution in [2.45, 2.75) is 12.5 Å². The highest BCUT2D eigenvalue weighted by Crippen LogP contribution is 2.24. The molecule has 19 heavy (non-hydrogen) atoms. The van der Waals surface area contributed by atoms with Crippen LogP contribution in [0.5, 0.6) is 0 Å². The minimum Gasteiger partial charge on any atom is -0.465 e. The van der Waals surface area contributed by atoms with Gasteiger partial charge < -0.3 is 15.3 Å². The second-order valence-electron chi connectivity index (χ2n) is 4.73. The SMILES string of the molecule is O=C(O)N1CC[C@@H](Nc2cccc3ncccc23)C1. The summed E-state index contributed by atoms with van der Waals surface area (Å²) in [5.74, 6) is 0. The molecular formula is C14H15N3O2. The number of aromatic nitrogens is 1. The average molecular weight is 257 g/mol. The van der Waals surface area contributed by atoms with Gasteiger partial charge in [0.1, 0.15) is 0 Å². The van der Waals surface area contributed by atoms with Gasteiger partial charge in [0.15, 0.2) is 0 Å². The largest absolute Gasteiger partial charge is 0.465 e. The first-order chi connectivity index (χ1) is 9.24. The molecule has 0 aliphatic carbocycles. The second-order valence-corrected chi connectivity index (χ2v) is 4.73. The number of anilines is 1. The Labute approximate surface area is 110 Å². The summed E-state index contributed by atoms with van der Waals surface area (Å²) in [7, 11) is 0. The van der Waals surface area contributed by atoms with Gasteiger partial charge in [-0.3, -0.25) is 4.98 Å². The number of hydrogen-bond acceptors (Lipinski definition) is 3. The first kappa shape index (κ1) is 11.8. The van der Waals surface area contributed by atoms with Gasteiger partial charge in [0, 0.05) is 36.4 Å². The van der Waals surface area contributed by atoms with Crippen LogP contribution >= 0.6 is 0 Å². The standard InChI is InChI=1S/C14H15N3O2/c18-14(19)17-8-6-10(9-17)16-13-5-1-4-12-11(13)3-2-7-15-12/h1-5,7,10,16H,6,8-9H2,(H,18,19)/t10-/m1/s1. The summed E-state index contributed by atoms with van der Waals surface area (Å²) in [6.45, 7) is 1.13. The van der Waals surface area contributed by atoms with E-state index in [0.29, 0.717) is 13.1 Å². The molecule has 0 bridgehead atoms. The molecule has 1 aliphatic rings. The molecule has 2 heterocycles. The fourth-order valence-corrected chi connectivity index (χ4v) is 2.50. The highest BCUT2D eigenvalue weighted by molar-refractivity contribution is 5.91. The molecule has 1 aromatic heterocycles. The van der Waals surface area contributed by atoms with Gasteiger partial charge in [-0.05, 0) is 30.7 Å². The van der Waals surface area contributed by atoms with Gasteiger partial charge in [0.2, 0.25) is 0 Å². The molecule has 0 radical (unpaired) electrons. The average Bonchev–Trinajstić information content (AvgIpc) is 2.88. The summed E-state index contributed by atoms with van der Waals surface area (Å²) in [5, 5.41) is 13.4. The summed E-state index contributed by atoms with van der Waals surface area (Å²) >= 11 is 0. The zero-order valence-corrected chi connectivity index (χ0v) is 10.4. The molecule has 1 fully saturated rings. The third kappa shape index (κ3) is 2.31. The lowest BCUT2D eigenvalue weighted by Crippen LogP contribution is -2.30. The van der Waals surface area contributed by atoms with Crippen LogP contribution in [0.2, 0.25) is 0 Å². The molecule has 1 amide bonds. The second kappa shape index (κ2) is 4.76. The number of amides is 1. The van der Waals surface area contributed by atoms with Crippen LogP contribution in [0.25, 0.3) is 10.9 Å². The van der Waals surface area contributed by atoms with Crippen molar-refractivity contribution in [3.8, 4) is 0 Å². The van der Waals surface area contributed by atoms with Crippen LogP contribution in [-0.2, 0) is 0 Å². The minimum absolute atomic E-state index is 0.168. The van der Waals surface area contributed by atoms with Crippen molar-refractivity contribution < 1.29 is 9.90 Å². The van der Waals surface area contributed by atoms with Gasteiger partial charge in [-0.15, -0.1) is 0 Å². The monoisotopic (exact) mass is 257 g/mol. The number of nitrogens with zero attached hydrogens (tertiary/aromatic N) is 2. The summed E-state index contributed by atoms with van der Waals surface area (Å²) in [4.78, 5) is 16.7. The number of nitrogens with one attached hydrogen (secondary N) is 1. The van der Waals surface area contributed by atoms with Crippen LogP contribution in [0.3, 0.4) is 0 Å². The zero-order chi connectivity index (χ0) is 13.2. The molecule has 1 aliphatic heterocycles. The molecule has 3 rings (SSSR count). The predicted molar refractivity (Wildman–Crippen MR) is 73.4 cm³/mol. The fourth-order valence-electron chi connectivity index (χ4n) is 2.50. The number of carboxylic acid groups (broad SMARTS) is 1. The minimum atomic E-state index is -0.844. The van der Waals surface area contributed by atoms with Crippen molar-refractivity contribution in [3.63, 3.8) is 0 Å². The van der Waals surface area contributed by atoms with Crippen molar-refractivity contribution in [1.29, 1.82) is 0 Å². The topological polar surface area (TPSA) is 65.5 Å². The van der Waals surface area contributed by atoms with Crippen LogP contribution in [0.1, 0.15) is 6.42 Å². The molecule has 0 saturated carbocycles. The van der Waals surface area contributed by atoms with Gasteiger partial charge in [-0.25, -0.2) is 4.79 Å². The van der Waals surface area contributed by atoms with E-state index in [4.69, 9.17) is 5.11 Å². The lowest BCUT2D eigenvalue weighted by Gasteiger charge is -2.16. The Bertz CT molecular complexity index is 609. The molecule has 1 aromatic carbocycles. The maximum absolute atomic E-state index is 10.9. The molecule has 5 heteroatoms. The van der Waals surface area contributed by atoms with Crippen LogP contribution in [0, 0.1) is 0 Å². The lowest BCUT2D eigenvalue weighted by atomic mass is 10.1. The van der Waals surface area contributed by atoms with E-state index in [1.165, 1.54) is 4.90 Å². The highest BCUT2D eigenvalue weighted by Gasteiger charge is 2.25. The van der Waals surface area contributed by atoms with Gasteiger partial charge in [0.05, 0.1) is 5.52 Å². The first-order valence-electron chi connectivity index (χ1n) is 6.32. The molecule has 98 valence electrons. The van der Waals surface area contributed by atoms with E-state index in [1.54, 1.807) is 6.20 Å². The van der Waals surface area contributed by atoms with E-state index in [2.05, 4.69) is 10.3 Å². The third-order valence-corrected chi connectivity index (χ3v) is 3.46. The Morgan fingerprint density at radius 1 is 1.37 bits per heavy atom. The summed E-state index contributed by atoms with van der Waals surface area (Å²) in [6.07, 6.45) is 1.76. The van der Waals surface area contributed by atoms with Crippen molar-refractivity contribution >= 4 is 22.7 Å². The summed E-state index contributed by atoms with van der Waals surface area (Å²) < 4.78 is 0. The van der Waals surface area contributed by atoms with Crippen LogP contribution in [-0.4, -0.2) is 40.2 Å². The smallest absolute Gasteiger partial charge is 0.407 e. The maximum Gasteiger partial charge on any atom is 0.407 e.